The van der Waals surface area contributed by atoms with E-state index in [-0.39, 0.29) is 5.82 Å². The van der Waals surface area contributed by atoms with Gasteiger partial charge in [0.2, 0.25) is 5.91 Å². The summed E-state index contributed by atoms with van der Waals surface area (Å²) in [6.45, 7) is 3.61. The summed E-state index contributed by atoms with van der Waals surface area (Å²) < 4.78 is 13.8. The van der Waals surface area contributed by atoms with Crippen LogP contribution in [0.15, 0.2) is 36.5 Å². The molecule has 0 radical (unpaired) electrons. The van der Waals surface area contributed by atoms with E-state index < -0.39 is 5.91 Å². The van der Waals surface area contributed by atoms with E-state index in [1.54, 1.807) is 24.3 Å². The summed E-state index contributed by atoms with van der Waals surface area (Å²) >= 11 is 6.06. The average molecular weight is 322 g/mol. The zero-order valence-corrected chi connectivity index (χ0v) is 13.0. The number of benzene rings is 1. The molecular weight excluding hydrogens is 305 g/mol. The van der Waals surface area contributed by atoms with Crippen molar-refractivity contribution in [2.24, 2.45) is 5.73 Å². The lowest BCUT2D eigenvalue weighted by atomic mass is 10.2. The van der Waals surface area contributed by atoms with E-state index in [2.05, 4.69) is 4.98 Å². The summed E-state index contributed by atoms with van der Waals surface area (Å²) in [5.41, 5.74) is 6.79. The van der Waals surface area contributed by atoms with Gasteiger partial charge in [-0.05, 0) is 30.8 Å². The van der Waals surface area contributed by atoms with Crippen LogP contribution >= 0.6 is 11.6 Å². The number of amides is 1. The van der Waals surface area contributed by atoms with E-state index in [0.29, 0.717) is 35.8 Å². The molecule has 0 bridgehead atoms. The molecule has 1 aromatic heterocycles. The number of hydrogen-bond donors (Lipinski definition) is 1. The topological polar surface area (TPSA) is 59.2 Å². The summed E-state index contributed by atoms with van der Waals surface area (Å²) in [5, 5.41) is 0.412. The van der Waals surface area contributed by atoms with Gasteiger partial charge >= 0.3 is 0 Å². The van der Waals surface area contributed by atoms with Gasteiger partial charge in [-0.2, -0.15) is 0 Å². The molecule has 4 nitrogen and oxygen atoms in total. The van der Waals surface area contributed by atoms with Crippen LogP contribution in [-0.4, -0.2) is 22.3 Å². The van der Waals surface area contributed by atoms with E-state index >= 15 is 0 Å². The van der Waals surface area contributed by atoms with Crippen molar-refractivity contribution in [1.82, 2.24) is 9.88 Å². The second-order valence-electron chi connectivity index (χ2n) is 4.91. The quantitative estimate of drug-likeness (QED) is 0.889. The molecule has 0 saturated carbocycles. The second-order valence-corrected chi connectivity index (χ2v) is 5.31. The second kappa shape index (κ2) is 7.33. The SMILES string of the molecule is CCN(Cc1ccc(C(N)=O)cn1)Cc1c(F)cccc1Cl. The van der Waals surface area contributed by atoms with Gasteiger partial charge in [0.05, 0.1) is 11.3 Å². The lowest BCUT2D eigenvalue weighted by molar-refractivity contribution is 0.1000. The number of nitrogens with zero attached hydrogens (tertiary/aromatic N) is 2. The Labute approximate surface area is 133 Å². The van der Waals surface area contributed by atoms with Crippen LogP contribution in [0.2, 0.25) is 5.02 Å². The van der Waals surface area contributed by atoms with Crippen molar-refractivity contribution in [3.63, 3.8) is 0 Å². The minimum absolute atomic E-state index is 0.317. The number of hydrogen-bond acceptors (Lipinski definition) is 3. The maximum absolute atomic E-state index is 13.8. The van der Waals surface area contributed by atoms with Crippen molar-refractivity contribution in [2.45, 2.75) is 20.0 Å². The number of nitrogens with two attached hydrogens (primary N) is 1. The third-order valence-corrected chi connectivity index (χ3v) is 3.74. The fourth-order valence-corrected chi connectivity index (χ4v) is 2.30. The fraction of sp³-hybridized carbons (Fsp3) is 0.250. The zero-order valence-electron chi connectivity index (χ0n) is 12.2. The molecule has 116 valence electrons. The molecule has 0 atom stereocenters. The third kappa shape index (κ3) is 4.02. The first-order chi connectivity index (χ1) is 10.5. The van der Waals surface area contributed by atoms with E-state index in [1.165, 1.54) is 12.3 Å². The van der Waals surface area contributed by atoms with Gasteiger partial charge in [0, 0.05) is 29.9 Å². The highest BCUT2D eigenvalue weighted by Gasteiger charge is 2.12. The summed E-state index contributed by atoms with van der Waals surface area (Å²) in [6.07, 6.45) is 1.45. The highest BCUT2D eigenvalue weighted by Crippen LogP contribution is 2.21. The number of rotatable bonds is 6. The Morgan fingerprint density at radius 1 is 1.32 bits per heavy atom. The molecule has 6 heteroatoms. The van der Waals surface area contributed by atoms with Gasteiger partial charge in [0.25, 0.3) is 0 Å². The number of aromatic nitrogens is 1. The maximum Gasteiger partial charge on any atom is 0.250 e. The van der Waals surface area contributed by atoms with Crippen LogP contribution in [-0.2, 0) is 13.1 Å². The molecule has 2 N–H and O–H groups in total. The Balaban J connectivity index is 2.10. The first-order valence-electron chi connectivity index (χ1n) is 6.91. The van der Waals surface area contributed by atoms with Crippen molar-refractivity contribution in [3.8, 4) is 0 Å². The number of primary amides is 1. The smallest absolute Gasteiger partial charge is 0.250 e. The van der Waals surface area contributed by atoms with Crippen molar-refractivity contribution < 1.29 is 9.18 Å². The van der Waals surface area contributed by atoms with Gasteiger partial charge in [-0.15, -0.1) is 0 Å². The summed E-state index contributed by atoms with van der Waals surface area (Å²) in [4.78, 5) is 17.2. The lowest BCUT2D eigenvalue weighted by Crippen LogP contribution is -2.24. The highest BCUT2D eigenvalue weighted by molar-refractivity contribution is 6.31. The van der Waals surface area contributed by atoms with Gasteiger partial charge in [0.1, 0.15) is 5.82 Å². The molecule has 0 fully saturated rings. The van der Waals surface area contributed by atoms with E-state index in [9.17, 15) is 9.18 Å². The molecule has 0 aliphatic rings. The Morgan fingerprint density at radius 2 is 2.09 bits per heavy atom. The molecular formula is C16H17ClFN3O. The predicted molar refractivity (Wildman–Crippen MR) is 84.0 cm³/mol. The summed E-state index contributed by atoms with van der Waals surface area (Å²) in [6, 6.07) is 8.03. The largest absolute Gasteiger partial charge is 0.366 e. The molecule has 1 amide bonds. The first kappa shape index (κ1) is 16.4. The van der Waals surface area contributed by atoms with Crippen molar-refractivity contribution >= 4 is 17.5 Å². The van der Waals surface area contributed by atoms with Crippen molar-refractivity contribution in [3.05, 3.63) is 64.2 Å². The number of pyridine rings is 1. The molecule has 2 aromatic rings. The zero-order chi connectivity index (χ0) is 16.1. The van der Waals surface area contributed by atoms with Crippen LogP contribution in [0, 0.1) is 5.82 Å². The molecule has 2 rings (SSSR count). The van der Waals surface area contributed by atoms with Crippen LogP contribution in [0.1, 0.15) is 28.5 Å². The maximum atomic E-state index is 13.8. The van der Waals surface area contributed by atoms with Crippen LogP contribution in [0.25, 0.3) is 0 Å². The van der Waals surface area contributed by atoms with Crippen LogP contribution in [0.3, 0.4) is 0 Å². The van der Waals surface area contributed by atoms with Crippen LogP contribution in [0.5, 0.6) is 0 Å². The van der Waals surface area contributed by atoms with E-state index in [4.69, 9.17) is 17.3 Å². The first-order valence-corrected chi connectivity index (χ1v) is 7.29. The van der Waals surface area contributed by atoms with Crippen molar-refractivity contribution in [2.75, 3.05) is 6.54 Å². The number of carbonyl (C=O) groups excluding carboxylic acids is 1. The average Bonchev–Trinajstić information content (AvgIpc) is 2.50. The third-order valence-electron chi connectivity index (χ3n) is 3.39. The molecule has 1 heterocycles. The van der Waals surface area contributed by atoms with Crippen LogP contribution < -0.4 is 5.73 Å². The minimum Gasteiger partial charge on any atom is -0.366 e. The van der Waals surface area contributed by atoms with Gasteiger partial charge in [-0.25, -0.2) is 4.39 Å². The Bertz CT molecular complexity index is 641. The van der Waals surface area contributed by atoms with Gasteiger partial charge in [-0.3, -0.25) is 14.7 Å². The molecule has 0 aliphatic heterocycles. The Hall–Kier alpha value is -1.98. The van der Waals surface area contributed by atoms with Crippen LogP contribution in [0.4, 0.5) is 4.39 Å². The predicted octanol–water partition coefficient (Wildman–Crippen LogP) is 3.00. The Morgan fingerprint density at radius 3 is 2.64 bits per heavy atom. The summed E-state index contributed by atoms with van der Waals surface area (Å²) in [7, 11) is 0. The standard InChI is InChI=1S/C16H17ClFN3O/c1-2-21(10-13-14(17)4-3-5-15(13)18)9-12-7-6-11(8-20-12)16(19)22/h3-8H,2,9-10H2,1H3,(H2,19,22). The monoisotopic (exact) mass is 321 g/mol. The van der Waals surface area contributed by atoms with Crippen molar-refractivity contribution in [1.29, 1.82) is 0 Å². The highest BCUT2D eigenvalue weighted by atomic mass is 35.5. The molecule has 0 saturated heterocycles. The molecule has 22 heavy (non-hydrogen) atoms. The lowest BCUT2D eigenvalue weighted by Gasteiger charge is -2.21. The molecule has 0 spiro atoms. The molecule has 1 aromatic carbocycles. The number of halogens is 2. The van der Waals surface area contributed by atoms with Gasteiger partial charge in [0.15, 0.2) is 0 Å². The van der Waals surface area contributed by atoms with Gasteiger partial charge < -0.3 is 5.73 Å². The summed E-state index contributed by atoms with van der Waals surface area (Å²) in [5.74, 6) is -0.826. The Kier molecular flexibility index (Phi) is 5.46. The minimum atomic E-state index is -0.510. The van der Waals surface area contributed by atoms with Gasteiger partial charge in [-0.1, -0.05) is 24.6 Å². The fourth-order valence-electron chi connectivity index (χ4n) is 2.08. The van der Waals surface area contributed by atoms with E-state index in [0.717, 1.165) is 5.69 Å². The molecule has 0 aliphatic carbocycles. The number of carbonyl (C=O) groups is 1. The molecule has 0 unspecified atom stereocenters. The van der Waals surface area contributed by atoms with E-state index in [1.807, 2.05) is 11.8 Å². The normalized spacial score (nSPS) is 10.9.